The van der Waals surface area contributed by atoms with Gasteiger partial charge >= 0.3 is 5.63 Å². The van der Waals surface area contributed by atoms with E-state index in [0.717, 1.165) is 29.4 Å². The molecule has 0 spiro atoms. The van der Waals surface area contributed by atoms with Crippen molar-refractivity contribution >= 4 is 21.0 Å². The number of hydrogen-bond acceptors (Lipinski definition) is 6. The lowest BCUT2D eigenvalue weighted by molar-refractivity contribution is 0.182. The molecule has 0 amide bonds. The van der Waals surface area contributed by atoms with Gasteiger partial charge in [0.25, 0.3) is 0 Å². The van der Waals surface area contributed by atoms with Crippen LogP contribution >= 0.6 is 0 Å². The number of sulfonamides is 1. The van der Waals surface area contributed by atoms with E-state index in [2.05, 4.69) is 11.8 Å². The van der Waals surface area contributed by atoms with Gasteiger partial charge in [-0.2, -0.15) is 4.31 Å². The Balaban J connectivity index is 1.72. The molecular weight excluding hydrogens is 392 g/mol. The quantitative estimate of drug-likeness (QED) is 0.520. The third-order valence-electron chi connectivity index (χ3n) is 5.53. The van der Waals surface area contributed by atoms with Gasteiger partial charge in [-0.25, -0.2) is 13.2 Å². The monoisotopic (exact) mass is 422 g/mol. The number of unbranched alkanes of at least 4 members (excludes halogenated alkanes) is 2. The molecule has 1 aromatic carbocycles. The molecule has 0 unspecified atom stereocenters. The molecule has 2 heterocycles. The molecule has 1 fully saturated rings. The van der Waals surface area contributed by atoms with Crippen molar-refractivity contribution in [2.75, 3.05) is 31.9 Å². The van der Waals surface area contributed by atoms with Gasteiger partial charge in [0.05, 0.1) is 5.75 Å². The molecular formula is C21H30N2O5S. The van der Waals surface area contributed by atoms with E-state index < -0.39 is 15.6 Å². The Hall–Kier alpha value is -1.90. The Morgan fingerprint density at radius 1 is 1.03 bits per heavy atom. The second-order valence-electron chi connectivity index (χ2n) is 7.62. The van der Waals surface area contributed by atoms with Crippen LogP contribution in [0.4, 0.5) is 0 Å². The summed E-state index contributed by atoms with van der Waals surface area (Å²) < 4.78 is 31.8. The normalized spacial score (nSPS) is 16.5. The summed E-state index contributed by atoms with van der Waals surface area (Å²) in [5.41, 5.74) is 1.56. The minimum atomic E-state index is -3.19. The summed E-state index contributed by atoms with van der Waals surface area (Å²) in [6, 6.07) is 4.87. The fourth-order valence-corrected chi connectivity index (χ4v) is 5.34. The molecule has 0 bridgehead atoms. The highest BCUT2D eigenvalue weighted by molar-refractivity contribution is 7.89. The molecule has 0 saturated carbocycles. The first kappa shape index (κ1) is 21.8. The van der Waals surface area contributed by atoms with Crippen LogP contribution in [0.2, 0.25) is 0 Å². The van der Waals surface area contributed by atoms with Gasteiger partial charge in [0, 0.05) is 50.2 Å². The first-order valence-electron chi connectivity index (χ1n) is 10.3. The van der Waals surface area contributed by atoms with Crippen molar-refractivity contribution in [1.82, 2.24) is 9.21 Å². The molecule has 0 radical (unpaired) electrons. The van der Waals surface area contributed by atoms with Crippen LogP contribution in [0.5, 0.6) is 5.75 Å². The predicted octanol–water partition coefficient (Wildman–Crippen LogP) is 2.70. The van der Waals surface area contributed by atoms with E-state index in [9.17, 15) is 18.3 Å². The number of rotatable bonds is 8. The first-order chi connectivity index (χ1) is 13.8. The molecule has 1 aromatic heterocycles. The Morgan fingerprint density at radius 3 is 2.41 bits per heavy atom. The van der Waals surface area contributed by atoms with E-state index in [-0.39, 0.29) is 11.5 Å². The number of aromatic hydroxyl groups is 1. The maximum absolute atomic E-state index is 12.5. The Kier molecular flexibility index (Phi) is 6.97. The standard InChI is InChI=1S/C21H30N2O5S/c1-3-5-6-11-29(26,27)23-9-7-22(8-10-23)15-17-13-21(25)28-20-14-19(24)16(4-2)12-18(17)20/h12-14,24H,3-11,15H2,1-2H3. The maximum atomic E-state index is 12.5. The van der Waals surface area contributed by atoms with Crippen molar-refractivity contribution in [3.8, 4) is 5.75 Å². The zero-order chi connectivity index (χ0) is 21.0. The Bertz CT molecular complexity index is 1010. The molecule has 1 N–H and O–H groups in total. The van der Waals surface area contributed by atoms with E-state index >= 15 is 0 Å². The highest BCUT2D eigenvalue weighted by Gasteiger charge is 2.26. The first-order valence-corrected chi connectivity index (χ1v) is 11.9. The lowest BCUT2D eigenvalue weighted by Gasteiger charge is -2.34. The number of benzene rings is 1. The van der Waals surface area contributed by atoms with Crippen molar-refractivity contribution in [3.63, 3.8) is 0 Å². The van der Waals surface area contributed by atoms with Crippen molar-refractivity contribution in [2.45, 2.75) is 46.1 Å². The van der Waals surface area contributed by atoms with Gasteiger partial charge in [-0.3, -0.25) is 4.90 Å². The highest BCUT2D eigenvalue weighted by Crippen LogP contribution is 2.27. The van der Waals surface area contributed by atoms with Gasteiger partial charge in [0.2, 0.25) is 10.0 Å². The van der Waals surface area contributed by atoms with Gasteiger partial charge in [-0.05, 0) is 30.0 Å². The number of phenolic OH excluding ortho intramolecular Hbond substituents is 1. The van der Waals surface area contributed by atoms with Gasteiger partial charge in [-0.1, -0.05) is 26.7 Å². The summed E-state index contributed by atoms with van der Waals surface area (Å²) in [6.45, 7) is 6.73. The van der Waals surface area contributed by atoms with E-state index in [0.29, 0.717) is 51.1 Å². The molecule has 1 aliphatic rings. The highest BCUT2D eigenvalue weighted by atomic mass is 32.2. The molecule has 0 atom stereocenters. The number of fused-ring (bicyclic) bond motifs is 1. The fourth-order valence-electron chi connectivity index (χ4n) is 3.79. The largest absolute Gasteiger partial charge is 0.508 e. The molecule has 1 aliphatic heterocycles. The lowest BCUT2D eigenvalue weighted by atomic mass is 10.0. The molecule has 8 heteroatoms. The number of hydrogen-bond donors (Lipinski definition) is 1. The predicted molar refractivity (Wildman–Crippen MR) is 114 cm³/mol. The summed E-state index contributed by atoms with van der Waals surface area (Å²) in [7, 11) is -3.19. The number of aryl methyl sites for hydroxylation is 1. The molecule has 2 aromatic rings. The average Bonchev–Trinajstić information content (AvgIpc) is 2.68. The van der Waals surface area contributed by atoms with Crippen LogP contribution < -0.4 is 5.63 Å². The Labute approximate surface area is 172 Å². The molecule has 160 valence electrons. The molecule has 0 aliphatic carbocycles. The summed E-state index contributed by atoms with van der Waals surface area (Å²) in [6.07, 6.45) is 3.31. The number of phenols is 1. The third kappa shape index (κ3) is 5.18. The summed E-state index contributed by atoms with van der Waals surface area (Å²) in [4.78, 5) is 14.1. The molecule has 29 heavy (non-hydrogen) atoms. The summed E-state index contributed by atoms with van der Waals surface area (Å²) >= 11 is 0. The van der Waals surface area contributed by atoms with E-state index in [1.165, 1.54) is 12.1 Å². The minimum absolute atomic E-state index is 0.127. The van der Waals surface area contributed by atoms with Crippen LogP contribution in [0.25, 0.3) is 11.0 Å². The second kappa shape index (κ2) is 9.28. The van der Waals surface area contributed by atoms with E-state index in [4.69, 9.17) is 4.42 Å². The van der Waals surface area contributed by atoms with Gasteiger partial charge < -0.3 is 9.52 Å². The van der Waals surface area contributed by atoms with Crippen LogP contribution in [0.3, 0.4) is 0 Å². The van der Waals surface area contributed by atoms with Crippen LogP contribution in [0.15, 0.2) is 27.4 Å². The average molecular weight is 423 g/mol. The molecule has 7 nitrogen and oxygen atoms in total. The van der Waals surface area contributed by atoms with Crippen LogP contribution in [0, 0.1) is 0 Å². The zero-order valence-electron chi connectivity index (χ0n) is 17.2. The fraction of sp³-hybridized carbons (Fsp3) is 0.571. The Morgan fingerprint density at radius 2 is 1.76 bits per heavy atom. The number of nitrogens with zero attached hydrogens (tertiary/aromatic N) is 2. The molecule has 3 rings (SSSR count). The van der Waals surface area contributed by atoms with Crippen LogP contribution in [0.1, 0.15) is 44.2 Å². The zero-order valence-corrected chi connectivity index (χ0v) is 18.0. The van der Waals surface area contributed by atoms with Crippen molar-refractivity contribution < 1.29 is 17.9 Å². The van der Waals surface area contributed by atoms with Crippen molar-refractivity contribution in [2.24, 2.45) is 0 Å². The summed E-state index contributed by atoms with van der Waals surface area (Å²) in [5, 5.41) is 10.9. The van der Waals surface area contributed by atoms with Crippen LogP contribution in [-0.4, -0.2) is 54.7 Å². The maximum Gasteiger partial charge on any atom is 0.336 e. The van der Waals surface area contributed by atoms with Gasteiger partial charge in [0.1, 0.15) is 11.3 Å². The van der Waals surface area contributed by atoms with Crippen molar-refractivity contribution in [3.05, 3.63) is 39.7 Å². The SMILES string of the molecule is CCCCCS(=O)(=O)N1CCN(Cc2cc(=O)oc3cc(O)c(CC)cc23)CC1. The summed E-state index contributed by atoms with van der Waals surface area (Å²) in [5.74, 6) is 0.344. The van der Waals surface area contributed by atoms with Crippen LogP contribution in [-0.2, 0) is 23.0 Å². The van der Waals surface area contributed by atoms with Crippen molar-refractivity contribution in [1.29, 1.82) is 0 Å². The molecule has 1 saturated heterocycles. The minimum Gasteiger partial charge on any atom is -0.508 e. The smallest absolute Gasteiger partial charge is 0.336 e. The van der Waals surface area contributed by atoms with Gasteiger partial charge in [0.15, 0.2) is 0 Å². The third-order valence-corrected chi connectivity index (χ3v) is 7.49. The topological polar surface area (TPSA) is 91.1 Å². The van der Waals surface area contributed by atoms with E-state index in [1.807, 2.05) is 13.0 Å². The van der Waals surface area contributed by atoms with Gasteiger partial charge in [-0.15, -0.1) is 0 Å². The van der Waals surface area contributed by atoms with E-state index in [1.54, 1.807) is 4.31 Å². The lowest BCUT2D eigenvalue weighted by Crippen LogP contribution is -2.48. The second-order valence-corrected chi connectivity index (χ2v) is 9.71. The number of piperazine rings is 1.